The molecule has 0 aromatic heterocycles. The van der Waals surface area contributed by atoms with Gasteiger partial charge in [0.05, 0.1) is 0 Å². The highest BCUT2D eigenvalue weighted by molar-refractivity contribution is 6.21. The molecule has 10 heavy (non-hydrogen) atoms. The molecule has 0 aromatic carbocycles. The molecular weight excluding hydrogens is 171 g/mol. The molecular formula is C7H14Cl2O. The van der Waals surface area contributed by atoms with Gasteiger partial charge in [0, 0.05) is 25.5 Å². The smallest absolute Gasteiger partial charge is 0.0468 e. The van der Waals surface area contributed by atoms with Crippen LogP contribution in [0.3, 0.4) is 0 Å². The second-order valence-corrected chi connectivity index (χ2v) is 3.36. The van der Waals surface area contributed by atoms with Crippen molar-refractivity contribution in [2.24, 2.45) is 5.41 Å². The van der Waals surface area contributed by atoms with Gasteiger partial charge in [-0.3, -0.25) is 0 Å². The van der Waals surface area contributed by atoms with Crippen LogP contribution in [0, 0.1) is 5.41 Å². The zero-order valence-electron chi connectivity index (χ0n) is 6.49. The topological polar surface area (TPSA) is 9.23 Å². The largest absolute Gasteiger partial charge is 0.385 e. The molecule has 0 radical (unpaired) electrons. The van der Waals surface area contributed by atoms with E-state index in [4.69, 9.17) is 27.9 Å². The van der Waals surface area contributed by atoms with Crippen molar-refractivity contribution in [1.82, 2.24) is 0 Å². The highest BCUT2D eigenvalue weighted by Crippen LogP contribution is 2.24. The standard InChI is InChI=1S/C7H14Cl2O/c1-7(5-8,6-9)3-4-10-2/h3-6H2,1-2H3. The van der Waals surface area contributed by atoms with Crippen LogP contribution in [0.2, 0.25) is 0 Å². The van der Waals surface area contributed by atoms with Gasteiger partial charge in [-0.2, -0.15) is 0 Å². The van der Waals surface area contributed by atoms with Crippen molar-refractivity contribution in [2.75, 3.05) is 25.5 Å². The Morgan fingerprint density at radius 2 is 1.80 bits per heavy atom. The summed E-state index contributed by atoms with van der Waals surface area (Å²) in [7, 11) is 1.68. The normalized spacial score (nSPS) is 12.0. The summed E-state index contributed by atoms with van der Waals surface area (Å²) in [6.45, 7) is 2.79. The lowest BCUT2D eigenvalue weighted by Crippen LogP contribution is -2.22. The van der Waals surface area contributed by atoms with Crippen LogP contribution in [0.25, 0.3) is 0 Å². The van der Waals surface area contributed by atoms with E-state index >= 15 is 0 Å². The number of ether oxygens (including phenoxy) is 1. The molecule has 0 amide bonds. The minimum absolute atomic E-state index is 0.0408. The van der Waals surface area contributed by atoms with Gasteiger partial charge in [-0.05, 0) is 11.8 Å². The summed E-state index contributed by atoms with van der Waals surface area (Å²) in [5.74, 6) is 1.19. The van der Waals surface area contributed by atoms with Crippen LogP contribution in [-0.2, 0) is 4.74 Å². The van der Waals surface area contributed by atoms with Crippen LogP contribution < -0.4 is 0 Å². The van der Waals surface area contributed by atoms with Crippen LogP contribution >= 0.6 is 23.2 Å². The Morgan fingerprint density at radius 1 is 1.30 bits per heavy atom. The Balaban J connectivity index is 3.58. The first-order valence-corrected chi connectivity index (χ1v) is 4.36. The molecule has 0 saturated heterocycles. The van der Waals surface area contributed by atoms with E-state index in [9.17, 15) is 0 Å². The molecule has 0 spiro atoms. The van der Waals surface area contributed by atoms with Crippen LogP contribution in [0.1, 0.15) is 13.3 Å². The van der Waals surface area contributed by atoms with Gasteiger partial charge in [0.2, 0.25) is 0 Å². The molecule has 0 bridgehead atoms. The van der Waals surface area contributed by atoms with Gasteiger partial charge < -0.3 is 4.74 Å². The van der Waals surface area contributed by atoms with Gasteiger partial charge in [-0.25, -0.2) is 0 Å². The van der Waals surface area contributed by atoms with E-state index in [-0.39, 0.29) is 5.41 Å². The van der Waals surface area contributed by atoms with Crippen molar-refractivity contribution < 1.29 is 4.74 Å². The number of hydrogen-bond acceptors (Lipinski definition) is 1. The van der Waals surface area contributed by atoms with Gasteiger partial charge in [-0.15, -0.1) is 23.2 Å². The molecule has 1 nitrogen and oxygen atoms in total. The minimum Gasteiger partial charge on any atom is -0.385 e. The number of alkyl halides is 2. The van der Waals surface area contributed by atoms with Crippen LogP contribution in [0.4, 0.5) is 0 Å². The average molecular weight is 185 g/mol. The zero-order chi connectivity index (χ0) is 8.04. The molecule has 0 aromatic rings. The molecule has 0 N–H and O–H groups in total. The second kappa shape index (κ2) is 5.22. The molecule has 0 aliphatic heterocycles. The van der Waals surface area contributed by atoms with Crippen molar-refractivity contribution in [2.45, 2.75) is 13.3 Å². The predicted octanol–water partition coefficient (Wildman–Crippen LogP) is 2.51. The summed E-state index contributed by atoms with van der Waals surface area (Å²) in [5, 5.41) is 0. The Kier molecular flexibility index (Phi) is 5.51. The van der Waals surface area contributed by atoms with Crippen LogP contribution in [-0.4, -0.2) is 25.5 Å². The highest BCUT2D eigenvalue weighted by atomic mass is 35.5. The molecule has 0 aliphatic rings. The summed E-state index contributed by atoms with van der Waals surface area (Å²) < 4.78 is 4.92. The third kappa shape index (κ3) is 3.65. The van der Waals surface area contributed by atoms with E-state index in [1.807, 2.05) is 0 Å². The molecule has 62 valence electrons. The monoisotopic (exact) mass is 184 g/mol. The predicted molar refractivity (Wildman–Crippen MR) is 46.0 cm³/mol. The summed E-state index contributed by atoms with van der Waals surface area (Å²) >= 11 is 11.4. The third-order valence-electron chi connectivity index (χ3n) is 1.55. The summed E-state index contributed by atoms with van der Waals surface area (Å²) in [6.07, 6.45) is 0.927. The lowest BCUT2D eigenvalue weighted by molar-refractivity contribution is 0.161. The molecule has 0 heterocycles. The summed E-state index contributed by atoms with van der Waals surface area (Å²) in [4.78, 5) is 0. The van der Waals surface area contributed by atoms with E-state index in [1.54, 1.807) is 7.11 Å². The maximum Gasteiger partial charge on any atom is 0.0468 e. The third-order valence-corrected chi connectivity index (χ3v) is 2.85. The lowest BCUT2D eigenvalue weighted by Gasteiger charge is -2.23. The number of hydrogen-bond donors (Lipinski definition) is 0. The maximum absolute atomic E-state index is 5.70. The number of methoxy groups -OCH3 is 1. The molecule has 0 atom stereocenters. The number of halogens is 2. The van der Waals surface area contributed by atoms with E-state index < -0.39 is 0 Å². The average Bonchev–Trinajstić information content (AvgIpc) is 2.00. The second-order valence-electron chi connectivity index (χ2n) is 2.82. The fourth-order valence-electron chi connectivity index (χ4n) is 0.518. The first-order chi connectivity index (χ1) is 4.68. The fraction of sp³-hybridized carbons (Fsp3) is 1.00. The van der Waals surface area contributed by atoms with Crippen molar-refractivity contribution in [3.05, 3.63) is 0 Å². The van der Waals surface area contributed by atoms with E-state index in [0.717, 1.165) is 13.0 Å². The molecule has 0 unspecified atom stereocenters. The number of rotatable bonds is 5. The fourth-order valence-corrected chi connectivity index (χ4v) is 1.07. The summed E-state index contributed by atoms with van der Waals surface area (Å²) in [5.41, 5.74) is 0.0408. The Labute approximate surface area is 72.6 Å². The minimum atomic E-state index is 0.0408. The quantitative estimate of drug-likeness (QED) is 0.598. The van der Waals surface area contributed by atoms with Gasteiger partial charge in [-0.1, -0.05) is 6.92 Å². The van der Waals surface area contributed by atoms with Gasteiger partial charge in [0.15, 0.2) is 0 Å². The van der Waals surface area contributed by atoms with Crippen LogP contribution in [0.15, 0.2) is 0 Å². The summed E-state index contributed by atoms with van der Waals surface area (Å²) in [6, 6.07) is 0. The van der Waals surface area contributed by atoms with Crippen molar-refractivity contribution >= 4 is 23.2 Å². The zero-order valence-corrected chi connectivity index (χ0v) is 8.00. The first-order valence-electron chi connectivity index (χ1n) is 3.29. The SMILES string of the molecule is COCCC(C)(CCl)CCl. The van der Waals surface area contributed by atoms with E-state index in [1.165, 1.54) is 0 Å². The van der Waals surface area contributed by atoms with Crippen molar-refractivity contribution in [3.8, 4) is 0 Å². The van der Waals surface area contributed by atoms with Crippen molar-refractivity contribution in [3.63, 3.8) is 0 Å². The Morgan fingerprint density at radius 3 is 2.10 bits per heavy atom. The molecule has 0 fully saturated rings. The van der Waals surface area contributed by atoms with E-state index in [0.29, 0.717) is 11.8 Å². The molecule has 0 aliphatic carbocycles. The van der Waals surface area contributed by atoms with E-state index in [2.05, 4.69) is 6.92 Å². The first kappa shape index (κ1) is 10.5. The van der Waals surface area contributed by atoms with Crippen LogP contribution in [0.5, 0.6) is 0 Å². The van der Waals surface area contributed by atoms with Gasteiger partial charge in [0.25, 0.3) is 0 Å². The van der Waals surface area contributed by atoms with Gasteiger partial charge in [0.1, 0.15) is 0 Å². The molecule has 3 heteroatoms. The molecule has 0 saturated carbocycles. The van der Waals surface area contributed by atoms with Gasteiger partial charge >= 0.3 is 0 Å². The Bertz CT molecular complexity index is 81.7. The maximum atomic E-state index is 5.70. The Hall–Kier alpha value is 0.540. The van der Waals surface area contributed by atoms with Crippen molar-refractivity contribution in [1.29, 1.82) is 0 Å². The lowest BCUT2D eigenvalue weighted by atomic mass is 9.92. The highest BCUT2D eigenvalue weighted by Gasteiger charge is 2.21. The molecule has 0 rings (SSSR count).